The lowest BCUT2D eigenvalue weighted by molar-refractivity contribution is 0.812. The molecule has 0 aliphatic carbocycles. The van der Waals surface area contributed by atoms with Gasteiger partial charge in [0, 0.05) is 9.49 Å². The van der Waals surface area contributed by atoms with Gasteiger partial charge in [-0.2, -0.15) is 25.3 Å². The molecule has 0 aromatic carbocycles. The van der Waals surface area contributed by atoms with Gasteiger partial charge in [-0.15, -0.1) is 0 Å². The van der Waals surface area contributed by atoms with Gasteiger partial charge in [0.1, 0.15) is 0 Å². The van der Waals surface area contributed by atoms with Gasteiger partial charge in [-0.25, -0.2) is 0 Å². The summed E-state index contributed by atoms with van der Waals surface area (Å²) in [5, 5.41) is 0. The number of hydrogen-bond donors (Lipinski definition) is 2. The third kappa shape index (κ3) is 1840. The Balaban J connectivity index is -0.000000107. The van der Waals surface area contributed by atoms with Crippen molar-refractivity contribution < 1.29 is 5.48 Å². The molecule has 1 nitrogen and oxygen atoms in total. The van der Waals surface area contributed by atoms with Crippen molar-refractivity contribution in [3.8, 4) is 0 Å². The summed E-state index contributed by atoms with van der Waals surface area (Å²) in [5.41, 5.74) is 0. The van der Waals surface area contributed by atoms with Crippen LogP contribution in [0.4, 0.5) is 0 Å². The molecule has 3 heteroatoms. The second-order valence-electron chi connectivity index (χ2n) is 4.34. The van der Waals surface area contributed by atoms with E-state index in [1.807, 2.05) is 0 Å². The topological polar surface area (TPSA) is 31.5 Å². The monoisotopic (exact) mass is 198 g/mol. The van der Waals surface area contributed by atoms with E-state index in [-0.39, 0.29) is 15.0 Å². The molecular formula is C8H22OS2. The minimum Gasteiger partial charge on any atom is -0.412 e. The minimum atomic E-state index is 0. The second-order valence-corrected chi connectivity index (χ2v) is 7.02. The molecule has 0 aromatic heterocycles. The van der Waals surface area contributed by atoms with E-state index in [2.05, 4.69) is 66.8 Å². The lowest BCUT2D eigenvalue weighted by Gasteiger charge is -2.04. The van der Waals surface area contributed by atoms with Crippen LogP contribution in [0.3, 0.4) is 0 Å². The molecule has 2 N–H and O–H groups in total. The number of thiol groups is 2. The Kier molecular flexibility index (Phi) is 9.97. The summed E-state index contributed by atoms with van der Waals surface area (Å²) in [7, 11) is 0. The third-order valence-corrected chi connectivity index (χ3v) is 0. The Morgan fingerprint density at radius 3 is 0.636 bits per heavy atom. The highest BCUT2D eigenvalue weighted by atomic mass is 32.1. The summed E-state index contributed by atoms with van der Waals surface area (Å²) in [5.74, 6) is 0. The highest BCUT2D eigenvalue weighted by Gasteiger charge is 1.97. The van der Waals surface area contributed by atoms with E-state index in [4.69, 9.17) is 0 Å². The zero-order valence-corrected chi connectivity index (χ0v) is 10.2. The molecule has 0 bridgehead atoms. The highest BCUT2D eigenvalue weighted by molar-refractivity contribution is 7.81. The van der Waals surface area contributed by atoms with E-state index in [0.717, 1.165) is 0 Å². The first-order valence-corrected chi connectivity index (χ1v) is 4.34. The normalized spacial score (nSPS) is 10.9. The van der Waals surface area contributed by atoms with Gasteiger partial charge in [-0.3, -0.25) is 0 Å². The summed E-state index contributed by atoms with van der Waals surface area (Å²) < 4.78 is 0.389. The van der Waals surface area contributed by atoms with Crippen LogP contribution in [0.5, 0.6) is 0 Å². The molecule has 0 atom stereocenters. The average molecular weight is 198 g/mol. The van der Waals surface area contributed by atoms with Gasteiger partial charge in [0.2, 0.25) is 0 Å². The van der Waals surface area contributed by atoms with Crippen molar-refractivity contribution in [2.75, 3.05) is 0 Å². The molecule has 11 heavy (non-hydrogen) atoms. The van der Waals surface area contributed by atoms with Crippen molar-refractivity contribution in [2.24, 2.45) is 0 Å². The molecular weight excluding hydrogens is 176 g/mol. The Hall–Kier alpha value is 0.660. The van der Waals surface area contributed by atoms with Crippen molar-refractivity contribution in [2.45, 2.75) is 51.0 Å². The van der Waals surface area contributed by atoms with Crippen molar-refractivity contribution in [1.82, 2.24) is 0 Å². The van der Waals surface area contributed by atoms with Crippen LogP contribution in [0.15, 0.2) is 0 Å². The molecule has 0 aliphatic heterocycles. The largest absolute Gasteiger partial charge is 0.412 e. The standard InChI is InChI=1S/2C4H10S.H2O/c2*1-4(2,3)5;/h2*5H,1-3H3;1H2. The van der Waals surface area contributed by atoms with Crippen LogP contribution in [-0.4, -0.2) is 15.0 Å². The Labute approximate surface area is 82.1 Å². The number of hydrogen-bond acceptors (Lipinski definition) is 2. The molecule has 0 heterocycles. The minimum absolute atomic E-state index is 0. The van der Waals surface area contributed by atoms with Crippen LogP contribution < -0.4 is 0 Å². The first kappa shape index (κ1) is 17.7. The molecule has 0 spiro atoms. The molecule has 0 amide bonds. The maximum Gasteiger partial charge on any atom is 0.00449 e. The summed E-state index contributed by atoms with van der Waals surface area (Å²) in [4.78, 5) is 0. The summed E-state index contributed by atoms with van der Waals surface area (Å²) >= 11 is 8.25. The Morgan fingerprint density at radius 2 is 0.636 bits per heavy atom. The predicted octanol–water partition coefficient (Wildman–Crippen LogP) is 2.60. The van der Waals surface area contributed by atoms with E-state index in [0.29, 0.717) is 0 Å². The van der Waals surface area contributed by atoms with E-state index in [1.54, 1.807) is 0 Å². The molecule has 0 rings (SSSR count). The third-order valence-electron chi connectivity index (χ3n) is 0. The lowest BCUT2D eigenvalue weighted by atomic mass is 10.3. The smallest absolute Gasteiger partial charge is 0.00449 e. The van der Waals surface area contributed by atoms with Gasteiger partial charge >= 0.3 is 0 Å². The van der Waals surface area contributed by atoms with Gasteiger partial charge in [0.05, 0.1) is 0 Å². The van der Waals surface area contributed by atoms with Gasteiger partial charge in [0.25, 0.3) is 0 Å². The Bertz CT molecular complexity index is 55.1. The van der Waals surface area contributed by atoms with Gasteiger partial charge in [0.15, 0.2) is 0 Å². The molecule has 0 aliphatic rings. The van der Waals surface area contributed by atoms with Crippen LogP contribution in [0.25, 0.3) is 0 Å². The van der Waals surface area contributed by atoms with Crippen LogP contribution in [0, 0.1) is 0 Å². The van der Waals surface area contributed by atoms with Crippen molar-refractivity contribution in [3.05, 3.63) is 0 Å². The van der Waals surface area contributed by atoms with E-state index in [1.165, 1.54) is 0 Å². The second kappa shape index (κ2) is 6.21. The first-order valence-electron chi connectivity index (χ1n) is 3.45. The SMILES string of the molecule is CC(C)(C)S.CC(C)(C)S.O. The summed E-state index contributed by atoms with van der Waals surface area (Å²) in [6.45, 7) is 12.3. The molecule has 0 saturated heterocycles. The maximum atomic E-state index is 4.12. The van der Waals surface area contributed by atoms with Gasteiger partial charge in [-0.1, -0.05) is 41.5 Å². The van der Waals surface area contributed by atoms with Crippen LogP contribution in [-0.2, 0) is 0 Å². The summed E-state index contributed by atoms with van der Waals surface area (Å²) in [6.07, 6.45) is 0. The maximum absolute atomic E-state index is 4.12. The molecule has 0 fully saturated rings. The van der Waals surface area contributed by atoms with Gasteiger partial charge < -0.3 is 5.48 Å². The van der Waals surface area contributed by atoms with Crippen LogP contribution in [0.1, 0.15) is 41.5 Å². The van der Waals surface area contributed by atoms with E-state index < -0.39 is 0 Å². The first-order chi connectivity index (χ1) is 4.00. The van der Waals surface area contributed by atoms with Crippen LogP contribution in [0.2, 0.25) is 0 Å². The fraction of sp³-hybridized carbons (Fsp3) is 1.00. The number of rotatable bonds is 0. The van der Waals surface area contributed by atoms with Gasteiger partial charge in [-0.05, 0) is 0 Å². The average Bonchev–Trinajstić information content (AvgIpc) is 1.12. The van der Waals surface area contributed by atoms with Crippen molar-refractivity contribution in [1.29, 1.82) is 0 Å². The quantitative estimate of drug-likeness (QED) is 0.561. The molecule has 0 saturated carbocycles. The van der Waals surface area contributed by atoms with E-state index >= 15 is 0 Å². The molecule has 0 radical (unpaired) electrons. The fourth-order valence-electron chi connectivity index (χ4n) is 0. The molecule has 72 valence electrons. The van der Waals surface area contributed by atoms with E-state index in [9.17, 15) is 0 Å². The van der Waals surface area contributed by atoms with Crippen LogP contribution >= 0.6 is 25.3 Å². The zero-order valence-electron chi connectivity index (χ0n) is 8.39. The van der Waals surface area contributed by atoms with Crippen molar-refractivity contribution in [3.63, 3.8) is 0 Å². The molecule has 0 aromatic rings. The van der Waals surface area contributed by atoms with Crippen molar-refractivity contribution >= 4 is 25.3 Å². The summed E-state index contributed by atoms with van der Waals surface area (Å²) in [6, 6.07) is 0. The Morgan fingerprint density at radius 1 is 0.636 bits per heavy atom. The highest BCUT2D eigenvalue weighted by Crippen LogP contribution is 2.07. The predicted molar refractivity (Wildman–Crippen MR) is 61.1 cm³/mol. The zero-order chi connectivity index (χ0) is 9.00. The lowest BCUT2D eigenvalue weighted by Crippen LogP contribution is -1.99. The fourth-order valence-corrected chi connectivity index (χ4v) is 0. The molecule has 0 unspecified atom stereocenters.